The zero-order valence-corrected chi connectivity index (χ0v) is 18.1. The summed E-state index contributed by atoms with van der Waals surface area (Å²) in [6, 6.07) is 21.5. The van der Waals surface area contributed by atoms with E-state index in [0.29, 0.717) is 16.3 Å². The Kier molecular flexibility index (Phi) is 5.88. The van der Waals surface area contributed by atoms with Crippen LogP contribution < -0.4 is 0 Å². The van der Waals surface area contributed by atoms with E-state index in [1.54, 1.807) is 23.5 Å². The number of sulfone groups is 1. The van der Waals surface area contributed by atoms with Crippen LogP contribution in [0.4, 0.5) is 0 Å². The lowest BCUT2D eigenvalue weighted by Gasteiger charge is -2.21. The molecule has 3 nitrogen and oxygen atoms in total. The molecule has 1 aliphatic rings. The molecule has 0 N–H and O–H groups in total. The minimum absolute atomic E-state index is 0.0953. The number of aryl methyl sites for hydroxylation is 1. The van der Waals surface area contributed by atoms with Crippen molar-refractivity contribution < 1.29 is 8.42 Å². The molecular weight excluding hydrogens is 398 g/mol. The fourth-order valence-electron chi connectivity index (χ4n) is 3.80. The average molecular weight is 424 g/mol. The molecule has 150 valence electrons. The molecule has 4 rings (SSSR count). The number of hydrogen-bond donors (Lipinski definition) is 0. The van der Waals surface area contributed by atoms with E-state index in [1.165, 1.54) is 5.56 Å². The van der Waals surface area contributed by atoms with E-state index < -0.39 is 9.84 Å². The molecule has 0 spiro atoms. The summed E-state index contributed by atoms with van der Waals surface area (Å²) in [6.45, 7) is 3.53. The van der Waals surface area contributed by atoms with Gasteiger partial charge in [0.25, 0.3) is 0 Å². The average Bonchev–Trinajstić information content (AvgIpc) is 3.17. The third-order valence-electron chi connectivity index (χ3n) is 5.35. The van der Waals surface area contributed by atoms with Crippen molar-refractivity contribution in [3.63, 3.8) is 0 Å². The highest BCUT2D eigenvalue weighted by Crippen LogP contribution is 2.40. The van der Waals surface area contributed by atoms with E-state index in [-0.39, 0.29) is 5.92 Å². The summed E-state index contributed by atoms with van der Waals surface area (Å²) < 4.78 is 27.3. The Morgan fingerprint density at radius 1 is 1.00 bits per heavy atom. The van der Waals surface area contributed by atoms with E-state index in [2.05, 4.69) is 23.1 Å². The van der Waals surface area contributed by atoms with Crippen molar-refractivity contribution in [2.75, 3.05) is 6.54 Å². The lowest BCUT2D eigenvalue weighted by atomic mass is 10.0. The molecule has 0 amide bonds. The van der Waals surface area contributed by atoms with Crippen molar-refractivity contribution in [3.05, 3.63) is 99.2 Å². The molecule has 1 aliphatic heterocycles. The lowest BCUT2D eigenvalue weighted by molar-refractivity contribution is 0.366. The van der Waals surface area contributed by atoms with E-state index in [0.717, 1.165) is 29.8 Å². The van der Waals surface area contributed by atoms with Gasteiger partial charge >= 0.3 is 0 Å². The van der Waals surface area contributed by atoms with E-state index in [9.17, 15) is 8.42 Å². The normalized spacial score (nSPS) is 17.6. The van der Waals surface area contributed by atoms with Crippen LogP contribution in [-0.2, 0) is 16.4 Å². The molecule has 3 aromatic rings. The number of benzene rings is 2. The number of hydrogen-bond acceptors (Lipinski definition) is 4. The van der Waals surface area contributed by atoms with Gasteiger partial charge in [-0.15, -0.1) is 11.3 Å². The molecule has 1 unspecified atom stereocenters. The van der Waals surface area contributed by atoms with Gasteiger partial charge in [0.1, 0.15) is 0 Å². The second-order valence-corrected chi connectivity index (χ2v) is 10.4. The van der Waals surface area contributed by atoms with Gasteiger partial charge in [-0.25, -0.2) is 8.42 Å². The van der Waals surface area contributed by atoms with Crippen molar-refractivity contribution in [1.29, 1.82) is 0 Å². The molecule has 0 bridgehead atoms. The number of thiophene rings is 1. The third-order valence-corrected chi connectivity index (χ3v) is 8.24. The molecule has 2 heterocycles. The fraction of sp³-hybridized carbons (Fsp3) is 0.250. The summed E-state index contributed by atoms with van der Waals surface area (Å²) >= 11 is 1.64. The number of allylic oxidation sites excluding steroid dienone is 1. The van der Waals surface area contributed by atoms with Crippen LogP contribution in [0.15, 0.2) is 88.1 Å². The van der Waals surface area contributed by atoms with Crippen LogP contribution in [0.3, 0.4) is 0 Å². The first-order valence-corrected chi connectivity index (χ1v) is 12.3. The Morgan fingerprint density at radius 2 is 1.76 bits per heavy atom. The molecule has 0 radical (unpaired) electrons. The smallest absolute Gasteiger partial charge is 0.204 e. The Bertz CT molecular complexity index is 1070. The summed E-state index contributed by atoms with van der Waals surface area (Å²) in [6.07, 6.45) is 3.70. The number of nitrogens with zero attached hydrogens (tertiary/aromatic N) is 1. The molecule has 0 saturated heterocycles. The Morgan fingerprint density at radius 3 is 2.45 bits per heavy atom. The minimum Gasteiger partial charge on any atom is -0.372 e. The second-order valence-electron chi connectivity index (χ2n) is 7.51. The van der Waals surface area contributed by atoms with Crippen LogP contribution in [0.5, 0.6) is 0 Å². The standard InChI is InChI=1S/C24H25NO2S2/c1-19-11-13-21(14-12-19)29(26,27)24-18-25(17-20-7-3-2-4-8-20)15-5-9-22(24)23-10-6-16-28-23/h2-4,6-8,10-14,16,18,22H,5,9,15,17H2,1H3. The molecule has 2 aromatic carbocycles. The van der Waals surface area contributed by atoms with Crippen LogP contribution in [0, 0.1) is 6.92 Å². The number of rotatable bonds is 5. The molecule has 1 atom stereocenters. The highest BCUT2D eigenvalue weighted by atomic mass is 32.2. The van der Waals surface area contributed by atoms with Gasteiger partial charge in [0.05, 0.1) is 9.80 Å². The monoisotopic (exact) mass is 423 g/mol. The molecule has 1 aromatic heterocycles. The summed E-state index contributed by atoms with van der Waals surface area (Å²) in [4.78, 5) is 4.16. The molecule has 0 aliphatic carbocycles. The Hall–Kier alpha value is -2.37. The van der Waals surface area contributed by atoms with Crippen LogP contribution >= 0.6 is 11.3 Å². The maximum Gasteiger partial charge on any atom is 0.204 e. The van der Waals surface area contributed by atoms with Crippen molar-refractivity contribution in [2.45, 2.75) is 37.1 Å². The quantitative estimate of drug-likeness (QED) is 0.524. The van der Waals surface area contributed by atoms with Crippen molar-refractivity contribution in [3.8, 4) is 0 Å². The van der Waals surface area contributed by atoms with E-state index >= 15 is 0 Å². The highest BCUT2D eigenvalue weighted by molar-refractivity contribution is 7.95. The van der Waals surface area contributed by atoms with Gasteiger partial charge < -0.3 is 4.90 Å². The van der Waals surface area contributed by atoms with Crippen LogP contribution in [0.1, 0.15) is 34.8 Å². The summed E-state index contributed by atoms with van der Waals surface area (Å²) in [5.41, 5.74) is 2.24. The maximum absolute atomic E-state index is 13.7. The third kappa shape index (κ3) is 4.46. The van der Waals surface area contributed by atoms with Crippen LogP contribution in [0.2, 0.25) is 0 Å². The van der Waals surface area contributed by atoms with Crippen LogP contribution in [0.25, 0.3) is 0 Å². The van der Waals surface area contributed by atoms with Gasteiger partial charge in [-0.3, -0.25) is 0 Å². The van der Waals surface area contributed by atoms with E-state index in [1.807, 2.05) is 54.9 Å². The zero-order chi connectivity index (χ0) is 20.3. The lowest BCUT2D eigenvalue weighted by Crippen LogP contribution is -2.19. The topological polar surface area (TPSA) is 37.4 Å². The first kappa shape index (κ1) is 19.9. The summed E-state index contributed by atoms with van der Waals surface area (Å²) in [5.74, 6) is -0.0953. The Balaban J connectivity index is 1.76. The van der Waals surface area contributed by atoms with Gasteiger partial charge in [0.2, 0.25) is 9.84 Å². The van der Waals surface area contributed by atoms with Crippen molar-refractivity contribution in [1.82, 2.24) is 4.90 Å². The van der Waals surface area contributed by atoms with Gasteiger partial charge in [0, 0.05) is 30.1 Å². The van der Waals surface area contributed by atoms with Crippen LogP contribution in [-0.4, -0.2) is 19.9 Å². The second kappa shape index (κ2) is 8.56. The van der Waals surface area contributed by atoms with E-state index in [4.69, 9.17) is 0 Å². The first-order chi connectivity index (χ1) is 14.0. The zero-order valence-electron chi connectivity index (χ0n) is 16.5. The van der Waals surface area contributed by atoms with Gasteiger partial charge in [-0.2, -0.15) is 0 Å². The predicted octanol–water partition coefficient (Wildman–Crippen LogP) is 5.75. The molecule has 5 heteroatoms. The maximum atomic E-state index is 13.7. The van der Waals surface area contributed by atoms with Crippen molar-refractivity contribution in [2.24, 2.45) is 0 Å². The van der Waals surface area contributed by atoms with Gasteiger partial charge in [-0.05, 0) is 48.9 Å². The molecule has 29 heavy (non-hydrogen) atoms. The molecular formula is C24H25NO2S2. The highest BCUT2D eigenvalue weighted by Gasteiger charge is 2.32. The fourth-order valence-corrected chi connectivity index (χ4v) is 6.43. The SMILES string of the molecule is Cc1ccc(S(=O)(=O)C2=CN(Cc3ccccc3)CCCC2c2cccs2)cc1. The Labute approximate surface area is 177 Å². The summed E-state index contributed by atoms with van der Waals surface area (Å²) in [5, 5.41) is 2.03. The molecule has 0 saturated carbocycles. The molecule has 0 fully saturated rings. The largest absolute Gasteiger partial charge is 0.372 e. The summed E-state index contributed by atoms with van der Waals surface area (Å²) in [7, 11) is -3.58. The minimum atomic E-state index is -3.58. The van der Waals surface area contributed by atoms with Gasteiger partial charge in [-0.1, -0.05) is 54.1 Å². The van der Waals surface area contributed by atoms with Gasteiger partial charge in [0.15, 0.2) is 0 Å². The first-order valence-electron chi connectivity index (χ1n) is 9.89. The van der Waals surface area contributed by atoms with Crippen molar-refractivity contribution >= 4 is 21.2 Å². The predicted molar refractivity (Wildman–Crippen MR) is 120 cm³/mol.